The minimum Gasteiger partial charge on any atom is -0.258 e. The van der Waals surface area contributed by atoms with Crippen LogP contribution in [0.5, 0.6) is 0 Å². The fraction of sp³-hybridized carbons (Fsp3) is 0.167. The third-order valence-electron chi connectivity index (χ3n) is 2.70. The summed E-state index contributed by atoms with van der Waals surface area (Å²) < 4.78 is 1.61. The maximum atomic E-state index is 10.8. The van der Waals surface area contributed by atoms with E-state index in [1.807, 2.05) is 18.2 Å². The van der Waals surface area contributed by atoms with Crippen molar-refractivity contribution < 1.29 is 10.1 Å². The molecule has 6 nitrogen and oxygen atoms in total. The molecule has 90 valence electrons. The van der Waals surface area contributed by atoms with Gasteiger partial charge in [-0.15, -0.1) is 0 Å². The van der Waals surface area contributed by atoms with Crippen molar-refractivity contribution in [2.45, 2.75) is 13.5 Å². The lowest BCUT2D eigenvalue weighted by Crippen LogP contribution is -2.04. The van der Waals surface area contributed by atoms with Crippen LogP contribution < -0.4 is 0 Å². The average molecular weight is 243 g/mol. The number of nitrogens with zero attached hydrogens (tertiary/aromatic N) is 4. The first kappa shape index (κ1) is 11.8. The van der Waals surface area contributed by atoms with Crippen LogP contribution in [0.25, 0.3) is 0 Å². The molecule has 0 aliphatic rings. The van der Waals surface area contributed by atoms with E-state index in [1.165, 1.54) is 6.20 Å². The van der Waals surface area contributed by atoms with Crippen molar-refractivity contribution in [3.8, 4) is 6.07 Å². The average Bonchev–Trinajstić information content (AvgIpc) is 2.72. The Labute approximate surface area is 103 Å². The van der Waals surface area contributed by atoms with E-state index in [4.69, 9.17) is 10.5 Å². The maximum absolute atomic E-state index is 10.8. The van der Waals surface area contributed by atoms with Crippen LogP contribution in [-0.2, 0) is 6.54 Å². The summed E-state index contributed by atoms with van der Waals surface area (Å²) in [6.07, 6.45) is 1.31. The highest BCUT2D eigenvalue weighted by Gasteiger charge is 2.20. The van der Waals surface area contributed by atoms with Crippen LogP contribution in [0, 0.1) is 23.2 Å². The molecule has 1 heterocycles. The molecular formula is C12H11N4O2+. The Morgan fingerprint density at radius 1 is 1.44 bits per heavy atom. The first-order chi connectivity index (χ1) is 8.61. The molecule has 1 aromatic carbocycles. The topological polar surface area (TPSA) is 81.9 Å². The van der Waals surface area contributed by atoms with Gasteiger partial charge in [0.15, 0.2) is 0 Å². The molecule has 0 amide bonds. The summed E-state index contributed by atoms with van der Waals surface area (Å²) in [7, 11) is 0. The smallest absolute Gasteiger partial charge is 0.258 e. The zero-order valence-corrected chi connectivity index (χ0v) is 9.74. The molecule has 0 unspecified atom stereocenters. The largest absolute Gasteiger partial charge is 0.356 e. The lowest BCUT2D eigenvalue weighted by atomic mass is 10.1. The minimum absolute atomic E-state index is 0.128. The molecule has 0 aliphatic carbocycles. The molecule has 2 aromatic rings. The van der Waals surface area contributed by atoms with Crippen molar-refractivity contribution in [1.29, 1.82) is 5.26 Å². The molecule has 18 heavy (non-hydrogen) atoms. The maximum Gasteiger partial charge on any atom is 0.356 e. The SMILES string of the molecule is Cc1c([N+](=O)O)cnn1Cc1ccc(C#N)cc1. The summed E-state index contributed by atoms with van der Waals surface area (Å²) in [5, 5.41) is 21.6. The van der Waals surface area contributed by atoms with Gasteiger partial charge in [0.1, 0.15) is 11.9 Å². The lowest BCUT2D eigenvalue weighted by molar-refractivity contribution is -0.730. The second-order valence-electron chi connectivity index (χ2n) is 3.85. The summed E-state index contributed by atoms with van der Waals surface area (Å²) in [6, 6.07) is 9.14. The minimum atomic E-state index is -0.197. The van der Waals surface area contributed by atoms with E-state index in [-0.39, 0.29) is 10.6 Å². The standard InChI is InChI=1S/C12H11N4O2/c1-9-12(16(17)18)7-14-15(9)8-11-4-2-10(6-13)3-5-11/h2-5,7H,8H2,1H3,(H,17,18)/q+1. The fourth-order valence-electron chi connectivity index (χ4n) is 1.64. The molecule has 0 aliphatic heterocycles. The molecule has 0 saturated carbocycles. The predicted molar refractivity (Wildman–Crippen MR) is 62.3 cm³/mol. The molecule has 0 radical (unpaired) electrons. The van der Waals surface area contributed by atoms with E-state index in [0.717, 1.165) is 5.56 Å². The summed E-state index contributed by atoms with van der Waals surface area (Å²) in [6.45, 7) is 2.18. The molecule has 0 saturated heterocycles. The molecule has 0 atom stereocenters. The third-order valence-corrected chi connectivity index (χ3v) is 2.70. The third kappa shape index (κ3) is 2.20. The summed E-state index contributed by atoms with van der Waals surface area (Å²) in [4.78, 5) is 10.6. The Hall–Kier alpha value is -2.68. The first-order valence-corrected chi connectivity index (χ1v) is 5.29. The lowest BCUT2D eigenvalue weighted by Gasteiger charge is -2.03. The van der Waals surface area contributed by atoms with Crippen LogP contribution in [0.4, 0.5) is 5.69 Å². The molecule has 1 aromatic heterocycles. The number of hydrogen-bond acceptors (Lipinski definition) is 3. The second-order valence-corrected chi connectivity index (χ2v) is 3.85. The van der Waals surface area contributed by atoms with E-state index in [9.17, 15) is 4.91 Å². The van der Waals surface area contributed by atoms with Gasteiger partial charge in [-0.1, -0.05) is 12.1 Å². The van der Waals surface area contributed by atoms with E-state index in [1.54, 1.807) is 23.7 Å². The Bertz CT molecular complexity index is 623. The van der Waals surface area contributed by atoms with Gasteiger partial charge >= 0.3 is 5.69 Å². The number of rotatable bonds is 3. The van der Waals surface area contributed by atoms with Crippen LogP contribution in [0.3, 0.4) is 0 Å². The van der Waals surface area contributed by atoms with Crippen molar-refractivity contribution >= 4 is 5.69 Å². The molecule has 6 heteroatoms. The Morgan fingerprint density at radius 3 is 2.61 bits per heavy atom. The number of nitriles is 1. The molecular weight excluding hydrogens is 232 g/mol. The number of benzene rings is 1. The molecule has 2 rings (SSSR count). The van der Waals surface area contributed by atoms with Crippen molar-refractivity contribution in [2.75, 3.05) is 0 Å². The summed E-state index contributed by atoms with van der Waals surface area (Å²) in [5.41, 5.74) is 2.26. The highest BCUT2D eigenvalue weighted by atomic mass is 16.6. The molecule has 0 bridgehead atoms. The van der Waals surface area contributed by atoms with E-state index < -0.39 is 0 Å². The summed E-state index contributed by atoms with van der Waals surface area (Å²) >= 11 is 0. The van der Waals surface area contributed by atoms with Gasteiger partial charge in [0.25, 0.3) is 4.92 Å². The van der Waals surface area contributed by atoms with Crippen LogP contribution in [0.2, 0.25) is 0 Å². The van der Waals surface area contributed by atoms with Crippen molar-refractivity contribution in [2.24, 2.45) is 0 Å². The van der Waals surface area contributed by atoms with Gasteiger partial charge in [0, 0.05) is 0 Å². The van der Waals surface area contributed by atoms with Gasteiger partial charge < -0.3 is 0 Å². The van der Waals surface area contributed by atoms with Gasteiger partial charge in [-0.25, -0.2) is 5.21 Å². The van der Waals surface area contributed by atoms with Crippen LogP contribution in [0.15, 0.2) is 30.5 Å². The zero-order valence-electron chi connectivity index (χ0n) is 9.74. The van der Waals surface area contributed by atoms with Crippen molar-refractivity contribution in [3.05, 3.63) is 52.2 Å². The quantitative estimate of drug-likeness (QED) is 0.835. The summed E-state index contributed by atoms with van der Waals surface area (Å²) in [5.74, 6) is 0. The van der Waals surface area contributed by atoms with Crippen molar-refractivity contribution in [1.82, 2.24) is 9.78 Å². The Kier molecular flexibility index (Phi) is 3.06. The number of aromatic nitrogens is 2. The highest BCUT2D eigenvalue weighted by Crippen LogP contribution is 2.16. The van der Waals surface area contributed by atoms with E-state index >= 15 is 0 Å². The monoisotopic (exact) mass is 243 g/mol. The van der Waals surface area contributed by atoms with Gasteiger partial charge in [-0.2, -0.15) is 10.4 Å². The van der Waals surface area contributed by atoms with Gasteiger partial charge in [0.05, 0.1) is 23.1 Å². The first-order valence-electron chi connectivity index (χ1n) is 5.29. The highest BCUT2D eigenvalue weighted by molar-refractivity contribution is 5.34. The predicted octanol–water partition coefficient (Wildman–Crippen LogP) is 1.91. The van der Waals surface area contributed by atoms with E-state index in [2.05, 4.69) is 5.10 Å². The van der Waals surface area contributed by atoms with Crippen LogP contribution in [-0.4, -0.2) is 19.9 Å². The number of hydrogen-bond donors (Lipinski definition) is 1. The van der Waals surface area contributed by atoms with E-state index in [0.29, 0.717) is 17.8 Å². The van der Waals surface area contributed by atoms with Crippen LogP contribution >= 0.6 is 0 Å². The Balaban J connectivity index is 2.23. The second kappa shape index (κ2) is 4.67. The van der Waals surface area contributed by atoms with Gasteiger partial charge in [0.2, 0.25) is 0 Å². The molecule has 0 fully saturated rings. The zero-order chi connectivity index (χ0) is 13.1. The van der Waals surface area contributed by atoms with Gasteiger partial charge in [-0.3, -0.25) is 4.68 Å². The molecule has 1 N–H and O–H groups in total. The fourth-order valence-corrected chi connectivity index (χ4v) is 1.64. The van der Waals surface area contributed by atoms with Crippen LogP contribution in [0.1, 0.15) is 16.8 Å². The van der Waals surface area contributed by atoms with Gasteiger partial charge in [-0.05, 0) is 24.6 Å². The molecule has 0 spiro atoms. The normalized spacial score (nSPS) is 10.0. The Morgan fingerprint density at radius 2 is 2.11 bits per heavy atom. The van der Waals surface area contributed by atoms with Crippen molar-refractivity contribution in [3.63, 3.8) is 0 Å².